The number of hydrogen-bond acceptors (Lipinski definition) is 3. The van der Waals surface area contributed by atoms with Crippen LogP contribution in [0.15, 0.2) is 18.2 Å². The maximum atomic E-state index is 9.02. The molecule has 0 aliphatic rings. The van der Waals surface area contributed by atoms with Gasteiger partial charge in [0, 0.05) is 17.6 Å². The fourth-order valence-electron chi connectivity index (χ4n) is 1.76. The molecule has 0 fully saturated rings. The summed E-state index contributed by atoms with van der Waals surface area (Å²) >= 11 is 0. The van der Waals surface area contributed by atoms with Crippen LogP contribution in [0.5, 0.6) is 5.75 Å². The predicted octanol–water partition coefficient (Wildman–Crippen LogP) is 2.04. The van der Waals surface area contributed by atoms with Gasteiger partial charge < -0.3 is 15.2 Å². The minimum atomic E-state index is 0.0835. The number of rotatable bonds is 5. The number of ether oxygens (including phenoxy) is 1. The Bertz CT molecular complexity index is 339. The minimum absolute atomic E-state index is 0.0835. The van der Waals surface area contributed by atoms with Crippen LogP contribution in [-0.4, -0.2) is 24.9 Å². The third-order valence-electron chi connectivity index (χ3n) is 2.66. The Morgan fingerprint density at radius 1 is 1.38 bits per heavy atom. The third-order valence-corrected chi connectivity index (χ3v) is 2.66. The number of aliphatic hydroxyl groups excluding tert-OH is 1. The molecule has 1 aromatic carbocycles. The summed E-state index contributed by atoms with van der Waals surface area (Å²) in [5, 5.41) is 12.3. The SMILES string of the molecule is COc1ccc(C)cc1C(C)N[C@H](C)CO. The summed E-state index contributed by atoms with van der Waals surface area (Å²) in [6, 6.07) is 6.37. The molecule has 0 aliphatic carbocycles. The van der Waals surface area contributed by atoms with E-state index in [4.69, 9.17) is 9.84 Å². The topological polar surface area (TPSA) is 41.5 Å². The van der Waals surface area contributed by atoms with E-state index in [-0.39, 0.29) is 18.7 Å². The molecule has 90 valence electrons. The molecule has 2 atom stereocenters. The Morgan fingerprint density at radius 3 is 2.62 bits per heavy atom. The molecule has 0 aliphatic heterocycles. The third kappa shape index (κ3) is 3.22. The van der Waals surface area contributed by atoms with Gasteiger partial charge in [0.05, 0.1) is 13.7 Å². The summed E-state index contributed by atoms with van der Waals surface area (Å²) in [5.74, 6) is 0.885. The summed E-state index contributed by atoms with van der Waals surface area (Å²) in [4.78, 5) is 0. The molecule has 0 amide bonds. The maximum Gasteiger partial charge on any atom is 0.123 e. The van der Waals surface area contributed by atoms with Crippen LogP contribution in [0.2, 0.25) is 0 Å². The molecule has 0 radical (unpaired) electrons. The van der Waals surface area contributed by atoms with Crippen LogP contribution in [0.1, 0.15) is 31.0 Å². The highest BCUT2D eigenvalue weighted by molar-refractivity contribution is 5.38. The lowest BCUT2D eigenvalue weighted by atomic mass is 10.0. The second-order valence-electron chi connectivity index (χ2n) is 4.22. The molecule has 1 unspecified atom stereocenters. The first-order valence-electron chi connectivity index (χ1n) is 5.60. The van der Waals surface area contributed by atoms with Gasteiger partial charge in [0.1, 0.15) is 5.75 Å². The average molecular weight is 223 g/mol. The highest BCUT2D eigenvalue weighted by Crippen LogP contribution is 2.26. The zero-order chi connectivity index (χ0) is 12.1. The van der Waals surface area contributed by atoms with Crippen molar-refractivity contribution in [3.63, 3.8) is 0 Å². The normalized spacial score (nSPS) is 14.6. The second kappa shape index (κ2) is 5.87. The molecule has 0 heterocycles. The van der Waals surface area contributed by atoms with Crippen LogP contribution in [-0.2, 0) is 0 Å². The first-order valence-corrected chi connectivity index (χ1v) is 5.60. The van der Waals surface area contributed by atoms with E-state index >= 15 is 0 Å². The zero-order valence-corrected chi connectivity index (χ0v) is 10.4. The molecule has 0 spiro atoms. The summed E-state index contributed by atoms with van der Waals surface area (Å²) in [7, 11) is 1.68. The number of aliphatic hydroxyl groups is 1. The highest BCUT2D eigenvalue weighted by atomic mass is 16.5. The fraction of sp³-hybridized carbons (Fsp3) is 0.538. The van der Waals surface area contributed by atoms with Crippen molar-refractivity contribution in [2.45, 2.75) is 32.9 Å². The number of nitrogens with one attached hydrogen (secondary N) is 1. The van der Waals surface area contributed by atoms with E-state index in [1.54, 1.807) is 7.11 Å². The van der Waals surface area contributed by atoms with Gasteiger partial charge in [-0.2, -0.15) is 0 Å². The zero-order valence-electron chi connectivity index (χ0n) is 10.4. The minimum Gasteiger partial charge on any atom is -0.496 e. The lowest BCUT2D eigenvalue weighted by molar-refractivity contribution is 0.242. The molecule has 2 N–H and O–H groups in total. The highest BCUT2D eigenvalue weighted by Gasteiger charge is 2.13. The quantitative estimate of drug-likeness (QED) is 0.802. The Morgan fingerprint density at radius 2 is 2.06 bits per heavy atom. The number of methoxy groups -OCH3 is 1. The standard InChI is InChI=1S/C13H21NO2/c1-9-5-6-13(16-4)12(7-9)11(3)14-10(2)8-15/h5-7,10-11,14-15H,8H2,1-4H3/t10-,11?/m1/s1. The van der Waals surface area contributed by atoms with Gasteiger partial charge in [-0.3, -0.25) is 0 Å². The van der Waals surface area contributed by atoms with E-state index < -0.39 is 0 Å². The van der Waals surface area contributed by atoms with Crippen molar-refractivity contribution >= 4 is 0 Å². The van der Waals surface area contributed by atoms with Crippen LogP contribution in [0, 0.1) is 6.92 Å². The summed E-state index contributed by atoms with van der Waals surface area (Å²) in [6.45, 7) is 6.23. The van der Waals surface area contributed by atoms with Gasteiger partial charge in [0.2, 0.25) is 0 Å². The molecule has 16 heavy (non-hydrogen) atoms. The first kappa shape index (κ1) is 13.0. The molecule has 0 bridgehead atoms. The molecule has 0 saturated heterocycles. The van der Waals surface area contributed by atoms with Gasteiger partial charge in [-0.25, -0.2) is 0 Å². The lowest BCUT2D eigenvalue weighted by Crippen LogP contribution is -2.31. The monoisotopic (exact) mass is 223 g/mol. The first-order chi connectivity index (χ1) is 7.58. The second-order valence-corrected chi connectivity index (χ2v) is 4.22. The van der Waals surface area contributed by atoms with E-state index in [0.29, 0.717) is 0 Å². The van der Waals surface area contributed by atoms with Crippen molar-refractivity contribution in [1.29, 1.82) is 0 Å². The van der Waals surface area contributed by atoms with Crippen molar-refractivity contribution in [1.82, 2.24) is 5.32 Å². The van der Waals surface area contributed by atoms with Crippen molar-refractivity contribution in [3.05, 3.63) is 29.3 Å². The van der Waals surface area contributed by atoms with Crippen LogP contribution < -0.4 is 10.1 Å². The number of hydrogen-bond donors (Lipinski definition) is 2. The summed E-state index contributed by atoms with van der Waals surface area (Å²) < 4.78 is 5.33. The van der Waals surface area contributed by atoms with E-state index in [2.05, 4.69) is 25.2 Å². The lowest BCUT2D eigenvalue weighted by Gasteiger charge is -2.21. The van der Waals surface area contributed by atoms with Gasteiger partial charge >= 0.3 is 0 Å². The van der Waals surface area contributed by atoms with Gasteiger partial charge in [0.15, 0.2) is 0 Å². The van der Waals surface area contributed by atoms with Gasteiger partial charge in [-0.05, 0) is 26.8 Å². The molecule has 3 heteroatoms. The molecule has 1 aromatic rings. The Balaban J connectivity index is 2.88. The average Bonchev–Trinajstić information content (AvgIpc) is 2.28. The Hall–Kier alpha value is -1.06. The molecular weight excluding hydrogens is 202 g/mol. The van der Waals surface area contributed by atoms with Crippen molar-refractivity contribution in [2.75, 3.05) is 13.7 Å². The van der Waals surface area contributed by atoms with E-state index in [9.17, 15) is 0 Å². The van der Waals surface area contributed by atoms with Crippen LogP contribution in [0.25, 0.3) is 0 Å². The molecule has 3 nitrogen and oxygen atoms in total. The Labute approximate surface area is 97.4 Å². The van der Waals surface area contributed by atoms with Crippen molar-refractivity contribution in [3.8, 4) is 5.75 Å². The van der Waals surface area contributed by atoms with Crippen LogP contribution >= 0.6 is 0 Å². The van der Waals surface area contributed by atoms with Crippen molar-refractivity contribution < 1.29 is 9.84 Å². The van der Waals surface area contributed by atoms with Crippen LogP contribution in [0.4, 0.5) is 0 Å². The predicted molar refractivity (Wildman–Crippen MR) is 65.8 cm³/mol. The van der Waals surface area contributed by atoms with Gasteiger partial charge in [0.25, 0.3) is 0 Å². The molecule has 0 aromatic heterocycles. The van der Waals surface area contributed by atoms with Crippen LogP contribution in [0.3, 0.4) is 0 Å². The van der Waals surface area contributed by atoms with Gasteiger partial charge in [-0.15, -0.1) is 0 Å². The van der Waals surface area contributed by atoms with E-state index in [1.807, 2.05) is 19.1 Å². The fourth-order valence-corrected chi connectivity index (χ4v) is 1.76. The maximum absolute atomic E-state index is 9.02. The largest absolute Gasteiger partial charge is 0.496 e. The molecule has 0 saturated carbocycles. The Kier molecular flexibility index (Phi) is 4.77. The number of aryl methyl sites for hydroxylation is 1. The smallest absolute Gasteiger partial charge is 0.123 e. The summed E-state index contributed by atoms with van der Waals surface area (Å²) in [5.41, 5.74) is 2.34. The summed E-state index contributed by atoms with van der Waals surface area (Å²) in [6.07, 6.45) is 0. The number of benzene rings is 1. The molecule has 1 rings (SSSR count). The van der Waals surface area contributed by atoms with E-state index in [1.165, 1.54) is 5.56 Å². The van der Waals surface area contributed by atoms with Crippen molar-refractivity contribution in [2.24, 2.45) is 0 Å². The van der Waals surface area contributed by atoms with E-state index in [0.717, 1.165) is 11.3 Å². The molecular formula is C13H21NO2. The van der Waals surface area contributed by atoms with Gasteiger partial charge in [-0.1, -0.05) is 17.7 Å².